The van der Waals surface area contributed by atoms with Crippen molar-refractivity contribution in [1.29, 1.82) is 0 Å². The molecule has 1 unspecified atom stereocenters. The van der Waals surface area contributed by atoms with Gasteiger partial charge in [0.1, 0.15) is 11.5 Å². The Balaban J connectivity index is 0.000000171. The zero-order valence-corrected chi connectivity index (χ0v) is 18.6. The van der Waals surface area contributed by atoms with Crippen LogP contribution in [-0.4, -0.2) is 58.5 Å². The first kappa shape index (κ1) is 20.5. The molecule has 6 rings (SSSR count). The summed E-state index contributed by atoms with van der Waals surface area (Å²) < 4.78 is 2.25. The van der Waals surface area contributed by atoms with E-state index in [1.807, 2.05) is 19.3 Å². The molecule has 0 aromatic carbocycles. The highest BCUT2D eigenvalue weighted by Gasteiger charge is 2.31. The van der Waals surface area contributed by atoms with Gasteiger partial charge in [0, 0.05) is 50.3 Å². The van der Waals surface area contributed by atoms with Crippen LogP contribution in [0.5, 0.6) is 0 Å². The molecule has 3 aliphatic rings. The lowest BCUT2D eigenvalue weighted by atomic mass is 9.96. The van der Waals surface area contributed by atoms with Crippen molar-refractivity contribution < 1.29 is 0 Å². The Kier molecular flexibility index (Phi) is 6.18. The number of imidazole rings is 1. The van der Waals surface area contributed by atoms with Gasteiger partial charge in [-0.2, -0.15) is 0 Å². The van der Waals surface area contributed by atoms with Crippen molar-refractivity contribution in [3.8, 4) is 0 Å². The van der Waals surface area contributed by atoms with Gasteiger partial charge in [0.05, 0.1) is 5.69 Å². The maximum atomic E-state index is 4.69. The Morgan fingerprint density at radius 2 is 1.97 bits per heavy atom. The number of nitrogens with one attached hydrogen (secondary N) is 1. The normalized spacial score (nSPS) is 20.8. The molecule has 2 aliphatic heterocycles. The smallest absolute Gasteiger partial charge is 0.138 e. The highest BCUT2D eigenvalue weighted by Crippen LogP contribution is 2.26. The predicted octanol–water partition coefficient (Wildman–Crippen LogP) is 3.30. The van der Waals surface area contributed by atoms with Crippen LogP contribution in [0.2, 0.25) is 0 Å². The summed E-state index contributed by atoms with van der Waals surface area (Å²) in [5, 5.41) is 3.18. The lowest BCUT2D eigenvalue weighted by Gasteiger charge is -2.38. The maximum Gasteiger partial charge on any atom is 0.138 e. The van der Waals surface area contributed by atoms with Gasteiger partial charge in [-0.05, 0) is 75.9 Å². The van der Waals surface area contributed by atoms with Gasteiger partial charge in [0.25, 0.3) is 0 Å². The van der Waals surface area contributed by atoms with Crippen molar-refractivity contribution in [3.05, 3.63) is 59.7 Å². The number of anilines is 1. The average Bonchev–Trinajstić information content (AvgIpc) is 3.45. The van der Waals surface area contributed by atoms with Crippen LogP contribution < -0.4 is 10.2 Å². The average molecular weight is 419 g/mol. The number of rotatable bonds is 3. The minimum Gasteiger partial charge on any atom is -0.355 e. The van der Waals surface area contributed by atoms with Gasteiger partial charge in [-0.1, -0.05) is 12.1 Å². The Morgan fingerprint density at radius 1 is 1.03 bits per heavy atom. The van der Waals surface area contributed by atoms with Gasteiger partial charge >= 0.3 is 0 Å². The standard InChI is InChI=1S/C16H23N5.C9H11N/c1-17-10-13-11-21-15(18-13)5-2-6-16(21)20-9-8-19-7-3-4-14(19)12-20;1-2-6-9-8(4-1)5-3-7-10-9/h2,5-6,11,14,17H,3-4,7-10,12H2,1H3;3,5,7H,1-2,4,6H2. The van der Waals surface area contributed by atoms with E-state index in [1.54, 1.807) is 0 Å². The van der Waals surface area contributed by atoms with Crippen molar-refractivity contribution in [2.75, 3.05) is 38.1 Å². The van der Waals surface area contributed by atoms with Crippen LogP contribution in [0.3, 0.4) is 0 Å². The quantitative estimate of drug-likeness (QED) is 0.707. The second-order valence-corrected chi connectivity index (χ2v) is 8.97. The molecule has 3 aromatic heterocycles. The monoisotopic (exact) mass is 418 g/mol. The summed E-state index contributed by atoms with van der Waals surface area (Å²) in [6, 6.07) is 11.4. The lowest BCUT2D eigenvalue weighted by Crippen LogP contribution is -2.50. The van der Waals surface area contributed by atoms with E-state index in [0.717, 1.165) is 37.0 Å². The fourth-order valence-corrected chi connectivity index (χ4v) is 5.30. The number of fused-ring (bicyclic) bond motifs is 3. The number of pyridine rings is 2. The second-order valence-electron chi connectivity index (χ2n) is 8.97. The third-order valence-corrected chi connectivity index (χ3v) is 6.88. The third-order valence-electron chi connectivity index (χ3n) is 6.88. The summed E-state index contributed by atoms with van der Waals surface area (Å²) in [6.45, 7) is 5.57. The molecule has 0 spiro atoms. The molecule has 0 amide bonds. The molecule has 2 saturated heterocycles. The van der Waals surface area contributed by atoms with Crippen LogP contribution in [0, 0.1) is 0 Å². The molecule has 0 radical (unpaired) electrons. The van der Waals surface area contributed by atoms with E-state index < -0.39 is 0 Å². The van der Waals surface area contributed by atoms with Gasteiger partial charge in [0.15, 0.2) is 0 Å². The SMILES string of the molecule is CNCc1cn2c(N3CCN4CCCC4C3)cccc2n1.c1cnc2c(c1)CCCC2. The van der Waals surface area contributed by atoms with Gasteiger partial charge in [0.2, 0.25) is 0 Å². The molecule has 1 aliphatic carbocycles. The molecule has 3 aromatic rings. The maximum absolute atomic E-state index is 4.69. The van der Waals surface area contributed by atoms with Gasteiger partial charge < -0.3 is 10.2 Å². The molecule has 6 nitrogen and oxygen atoms in total. The highest BCUT2D eigenvalue weighted by atomic mass is 15.3. The van der Waals surface area contributed by atoms with E-state index in [-0.39, 0.29) is 0 Å². The second kappa shape index (κ2) is 9.37. The zero-order valence-electron chi connectivity index (χ0n) is 18.6. The van der Waals surface area contributed by atoms with E-state index in [1.165, 1.54) is 68.7 Å². The Morgan fingerprint density at radius 3 is 2.87 bits per heavy atom. The number of nitrogens with zero attached hydrogens (tertiary/aromatic N) is 5. The van der Waals surface area contributed by atoms with Gasteiger partial charge in [-0.15, -0.1) is 0 Å². The Bertz CT molecular complexity index is 987. The van der Waals surface area contributed by atoms with Crippen molar-refractivity contribution in [3.63, 3.8) is 0 Å². The van der Waals surface area contributed by atoms with Crippen LogP contribution in [-0.2, 0) is 19.4 Å². The summed E-state index contributed by atoms with van der Waals surface area (Å²) in [4.78, 5) is 14.2. The molecule has 2 fully saturated rings. The summed E-state index contributed by atoms with van der Waals surface area (Å²) in [7, 11) is 1.96. The molecule has 0 bridgehead atoms. The fourth-order valence-electron chi connectivity index (χ4n) is 5.30. The fraction of sp³-hybridized carbons (Fsp3) is 0.520. The Labute approximate surface area is 185 Å². The van der Waals surface area contributed by atoms with Crippen molar-refractivity contribution in [1.82, 2.24) is 24.6 Å². The summed E-state index contributed by atoms with van der Waals surface area (Å²) in [5.41, 5.74) is 4.94. The number of piperazine rings is 1. The molecular weight excluding hydrogens is 384 g/mol. The van der Waals surface area contributed by atoms with E-state index >= 15 is 0 Å². The van der Waals surface area contributed by atoms with Crippen LogP contribution in [0.4, 0.5) is 5.82 Å². The molecule has 164 valence electrons. The van der Waals surface area contributed by atoms with Crippen LogP contribution in [0.25, 0.3) is 5.65 Å². The molecule has 0 saturated carbocycles. The third kappa shape index (κ3) is 4.46. The summed E-state index contributed by atoms with van der Waals surface area (Å²) >= 11 is 0. The summed E-state index contributed by atoms with van der Waals surface area (Å²) in [6.07, 6.45) is 11.9. The van der Waals surface area contributed by atoms with Crippen LogP contribution >= 0.6 is 0 Å². The van der Waals surface area contributed by atoms with E-state index in [2.05, 4.69) is 59.9 Å². The molecule has 31 heavy (non-hydrogen) atoms. The number of aromatic nitrogens is 3. The molecule has 5 heterocycles. The van der Waals surface area contributed by atoms with Crippen molar-refractivity contribution in [2.45, 2.75) is 51.1 Å². The first-order chi connectivity index (χ1) is 15.3. The molecule has 1 N–H and O–H groups in total. The minimum absolute atomic E-state index is 0.745. The van der Waals surface area contributed by atoms with E-state index in [0.29, 0.717) is 0 Å². The topological polar surface area (TPSA) is 48.7 Å². The predicted molar refractivity (Wildman–Crippen MR) is 126 cm³/mol. The minimum atomic E-state index is 0.745. The van der Waals surface area contributed by atoms with E-state index in [9.17, 15) is 0 Å². The van der Waals surface area contributed by atoms with Gasteiger partial charge in [-0.25, -0.2) is 4.98 Å². The van der Waals surface area contributed by atoms with Crippen LogP contribution in [0.15, 0.2) is 42.7 Å². The van der Waals surface area contributed by atoms with Gasteiger partial charge in [-0.3, -0.25) is 14.3 Å². The van der Waals surface area contributed by atoms with E-state index in [4.69, 9.17) is 0 Å². The Hall–Kier alpha value is -2.44. The number of hydrogen-bond donors (Lipinski definition) is 1. The van der Waals surface area contributed by atoms with Crippen molar-refractivity contribution in [2.24, 2.45) is 0 Å². The highest BCUT2D eigenvalue weighted by molar-refractivity contribution is 5.53. The van der Waals surface area contributed by atoms with Crippen molar-refractivity contribution >= 4 is 11.5 Å². The number of hydrogen-bond acceptors (Lipinski definition) is 5. The molecule has 6 heteroatoms. The molecular formula is C25H34N6. The van der Waals surface area contributed by atoms with Crippen LogP contribution in [0.1, 0.15) is 42.6 Å². The number of aryl methyl sites for hydroxylation is 2. The lowest BCUT2D eigenvalue weighted by molar-refractivity contribution is 0.230. The largest absolute Gasteiger partial charge is 0.355 e. The first-order valence-corrected chi connectivity index (χ1v) is 11.8. The molecule has 1 atom stereocenters. The zero-order chi connectivity index (χ0) is 21.0. The first-order valence-electron chi connectivity index (χ1n) is 11.8. The summed E-state index contributed by atoms with van der Waals surface area (Å²) in [5.74, 6) is 1.29.